The van der Waals surface area contributed by atoms with Crippen molar-refractivity contribution < 1.29 is 12.8 Å². The van der Waals surface area contributed by atoms with Gasteiger partial charge in [0.1, 0.15) is 16.4 Å². The van der Waals surface area contributed by atoms with Gasteiger partial charge in [-0.25, -0.2) is 13.1 Å². The van der Waals surface area contributed by atoms with E-state index in [1.54, 1.807) is 6.92 Å². The zero-order chi connectivity index (χ0) is 15.6. The number of sulfonamides is 1. The molecular weight excluding hydrogens is 288 g/mol. The minimum atomic E-state index is -3.53. The van der Waals surface area contributed by atoms with Crippen LogP contribution >= 0.6 is 0 Å². The molecule has 5 nitrogen and oxygen atoms in total. The summed E-state index contributed by atoms with van der Waals surface area (Å²) in [6.07, 6.45) is 3.23. The van der Waals surface area contributed by atoms with Crippen LogP contribution in [0, 0.1) is 19.8 Å². The molecule has 1 heterocycles. The summed E-state index contributed by atoms with van der Waals surface area (Å²) in [6, 6.07) is -0.0129. The third kappa shape index (κ3) is 3.87. The maximum atomic E-state index is 12.7. The molecule has 1 aliphatic carbocycles. The number of rotatable bonds is 8. The summed E-state index contributed by atoms with van der Waals surface area (Å²) in [5, 5.41) is 3.25. The Kier molecular flexibility index (Phi) is 5.11. The van der Waals surface area contributed by atoms with E-state index in [0.29, 0.717) is 28.9 Å². The molecule has 0 amide bonds. The van der Waals surface area contributed by atoms with Crippen molar-refractivity contribution in [1.82, 2.24) is 10.0 Å². The first-order valence-corrected chi connectivity index (χ1v) is 9.17. The first-order valence-electron chi connectivity index (χ1n) is 7.68. The summed E-state index contributed by atoms with van der Waals surface area (Å²) in [6.45, 7) is 8.93. The van der Waals surface area contributed by atoms with Gasteiger partial charge in [0, 0.05) is 18.2 Å². The second kappa shape index (κ2) is 6.50. The van der Waals surface area contributed by atoms with Crippen LogP contribution in [-0.4, -0.2) is 21.0 Å². The average molecular weight is 314 g/mol. The van der Waals surface area contributed by atoms with Crippen molar-refractivity contribution in [3.8, 4) is 0 Å². The molecule has 21 heavy (non-hydrogen) atoms. The lowest BCUT2D eigenvalue weighted by Gasteiger charge is -2.14. The SMILES string of the molecule is CCCNCc1c(C)oc(C)c1S(=O)(=O)NC(C)C1CC1. The molecule has 1 saturated carbocycles. The highest BCUT2D eigenvalue weighted by Gasteiger charge is 2.34. The Bertz CT molecular complexity index is 588. The summed E-state index contributed by atoms with van der Waals surface area (Å²) < 4.78 is 33.7. The quantitative estimate of drug-likeness (QED) is 0.723. The number of hydrogen-bond acceptors (Lipinski definition) is 4. The molecule has 6 heteroatoms. The van der Waals surface area contributed by atoms with E-state index >= 15 is 0 Å². The highest BCUT2D eigenvalue weighted by Crippen LogP contribution is 2.34. The Labute approximate surface area is 127 Å². The molecule has 0 radical (unpaired) electrons. The molecule has 120 valence electrons. The Hall–Kier alpha value is -0.850. The zero-order valence-electron chi connectivity index (χ0n) is 13.3. The Morgan fingerprint density at radius 1 is 1.29 bits per heavy atom. The molecule has 2 rings (SSSR count). The molecule has 1 atom stereocenters. The summed E-state index contributed by atoms with van der Waals surface area (Å²) >= 11 is 0. The third-order valence-electron chi connectivity index (χ3n) is 3.99. The molecule has 0 aromatic carbocycles. The number of nitrogens with one attached hydrogen (secondary N) is 2. The van der Waals surface area contributed by atoms with Gasteiger partial charge in [0.2, 0.25) is 10.0 Å². The Morgan fingerprint density at radius 3 is 2.52 bits per heavy atom. The molecule has 2 N–H and O–H groups in total. The molecule has 0 saturated heterocycles. The van der Waals surface area contributed by atoms with Gasteiger partial charge >= 0.3 is 0 Å². The fraction of sp³-hybridized carbons (Fsp3) is 0.733. The summed E-state index contributed by atoms with van der Waals surface area (Å²) in [4.78, 5) is 0.316. The highest BCUT2D eigenvalue weighted by molar-refractivity contribution is 7.89. The van der Waals surface area contributed by atoms with Crippen LogP contribution in [0.25, 0.3) is 0 Å². The molecule has 0 spiro atoms. The van der Waals surface area contributed by atoms with Crippen LogP contribution in [0.15, 0.2) is 9.31 Å². The van der Waals surface area contributed by atoms with Crippen molar-refractivity contribution in [3.05, 3.63) is 17.1 Å². The van der Waals surface area contributed by atoms with Crippen molar-refractivity contribution in [2.45, 2.75) is 64.4 Å². The van der Waals surface area contributed by atoms with E-state index in [9.17, 15) is 8.42 Å². The van der Waals surface area contributed by atoms with Gasteiger partial charge in [-0.05, 0) is 52.5 Å². The summed E-state index contributed by atoms with van der Waals surface area (Å²) in [5.41, 5.74) is 0.747. The maximum absolute atomic E-state index is 12.7. The van der Waals surface area contributed by atoms with Gasteiger partial charge < -0.3 is 9.73 Å². The fourth-order valence-corrected chi connectivity index (χ4v) is 4.41. The second-order valence-electron chi connectivity index (χ2n) is 5.95. The predicted molar refractivity (Wildman–Crippen MR) is 82.7 cm³/mol. The van der Waals surface area contributed by atoms with E-state index in [-0.39, 0.29) is 6.04 Å². The van der Waals surface area contributed by atoms with Crippen molar-refractivity contribution >= 4 is 10.0 Å². The predicted octanol–water partition coefficient (Wildman–Crippen LogP) is 2.47. The van der Waals surface area contributed by atoms with Gasteiger partial charge in [-0.15, -0.1) is 0 Å². The van der Waals surface area contributed by atoms with Crippen LogP contribution in [0.4, 0.5) is 0 Å². The normalized spacial score (nSPS) is 17.1. The molecule has 1 aromatic rings. The van der Waals surface area contributed by atoms with Gasteiger partial charge in [-0.3, -0.25) is 0 Å². The Morgan fingerprint density at radius 2 is 1.95 bits per heavy atom. The minimum Gasteiger partial charge on any atom is -0.465 e. The van der Waals surface area contributed by atoms with Crippen molar-refractivity contribution in [1.29, 1.82) is 0 Å². The standard InChI is InChI=1S/C15H26N2O3S/c1-5-8-16-9-14-11(3)20-12(4)15(14)21(18,19)17-10(2)13-6-7-13/h10,13,16-17H,5-9H2,1-4H3. The maximum Gasteiger partial charge on any atom is 0.244 e. The van der Waals surface area contributed by atoms with Gasteiger partial charge in [-0.2, -0.15) is 0 Å². The smallest absolute Gasteiger partial charge is 0.244 e. The van der Waals surface area contributed by atoms with Crippen LogP contribution in [0.2, 0.25) is 0 Å². The highest BCUT2D eigenvalue weighted by atomic mass is 32.2. The Balaban J connectivity index is 2.23. The van der Waals surface area contributed by atoms with Gasteiger partial charge in [0.05, 0.1) is 0 Å². The number of aryl methyl sites for hydroxylation is 2. The van der Waals surface area contributed by atoms with Crippen molar-refractivity contribution in [2.24, 2.45) is 5.92 Å². The third-order valence-corrected chi connectivity index (χ3v) is 5.75. The minimum absolute atomic E-state index is 0.0129. The fourth-order valence-electron chi connectivity index (χ4n) is 2.65. The van der Waals surface area contributed by atoms with E-state index in [1.165, 1.54) is 0 Å². The molecule has 0 bridgehead atoms. The summed E-state index contributed by atoms with van der Waals surface area (Å²) in [5.74, 6) is 1.63. The average Bonchev–Trinajstić information content (AvgIpc) is 3.16. The van der Waals surface area contributed by atoms with Crippen LogP contribution in [0.3, 0.4) is 0 Å². The van der Waals surface area contributed by atoms with E-state index < -0.39 is 10.0 Å². The lowest BCUT2D eigenvalue weighted by molar-refractivity contribution is 0.491. The largest absolute Gasteiger partial charge is 0.465 e. The van der Waals surface area contributed by atoms with Gasteiger partial charge in [-0.1, -0.05) is 6.92 Å². The molecule has 0 aliphatic heterocycles. The summed E-state index contributed by atoms with van der Waals surface area (Å²) in [7, 11) is -3.53. The molecular formula is C15H26N2O3S. The van der Waals surface area contributed by atoms with Gasteiger partial charge in [0.25, 0.3) is 0 Å². The molecule has 1 aliphatic rings. The number of furan rings is 1. The number of hydrogen-bond donors (Lipinski definition) is 2. The first-order chi connectivity index (χ1) is 9.86. The lowest BCUT2D eigenvalue weighted by atomic mass is 10.2. The van der Waals surface area contributed by atoms with E-state index in [4.69, 9.17) is 4.42 Å². The van der Waals surface area contributed by atoms with Crippen LogP contribution in [0.1, 0.15) is 50.2 Å². The lowest BCUT2D eigenvalue weighted by Crippen LogP contribution is -2.35. The van der Waals surface area contributed by atoms with Crippen molar-refractivity contribution in [3.63, 3.8) is 0 Å². The van der Waals surface area contributed by atoms with Crippen LogP contribution < -0.4 is 10.0 Å². The van der Waals surface area contributed by atoms with E-state index in [2.05, 4.69) is 17.0 Å². The van der Waals surface area contributed by atoms with Crippen LogP contribution in [0.5, 0.6) is 0 Å². The molecule has 1 fully saturated rings. The van der Waals surface area contributed by atoms with E-state index in [1.807, 2.05) is 13.8 Å². The molecule has 1 unspecified atom stereocenters. The van der Waals surface area contributed by atoms with Crippen molar-refractivity contribution in [2.75, 3.05) is 6.54 Å². The second-order valence-corrected chi connectivity index (χ2v) is 7.60. The van der Waals surface area contributed by atoms with E-state index in [0.717, 1.165) is 31.4 Å². The zero-order valence-corrected chi connectivity index (χ0v) is 14.1. The van der Waals surface area contributed by atoms with Gasteiger partial charge in [0.15, 0.2) is 0 Å². The topological polar surface area (TPSA) is 71.3 Å². The monoisotopic (exact) mass is 314 g/mol. The molecule has 1 aromatic heterocycles. The first kappa shape index (κ1) is 16.5. The van der Waals surface area contributed by atoms with Crippen LogP contribution in [-0.2, 0) is 16.6 Å².